The zero-order chi connectivity index (χ0) is 14.4. The van der Waals surface area contributed by atoms with Crippen molar-refractivity contribution in [1.82, 2.24) is 5.32 Å². The Labute approximate surface area is 111 Å². The van der Waals surface area contributed by atoms with Gasteiger partial charge in [0.15, 0.2) is 0 Å². The van der Waals surface area contributed by atoms with E-state index in [-0.39, 0.29) is 11.9 Å². The second-order valence-corrected chi connectivity index (χ2v) is 4.34. The molecule has 0 fully saturated rings. The molecule has 0 unspecified atom stereocenters. The van der Waals surface area contributed by atoms with E-state index in [2.05, 4.69) is 16.0 Å². The van der Waals surface area contributed by atoms with Crippen molar-refractivity contribution in [2.45, 2.75) is 26.8 Å². The minimum Gasteiger partial charge on any atom is -0.346 e. The van der Waals surface area contributed by atoms with E-state index in [0.29, 0.717) is 11.4 Å². The van der Waals surface area contributed by atoms with Gasteiger partial charge in [0.05, 0.1) is 0 Å². The summed E-state index contributed by atoms with van der Waals surface area (Å²) in [6.07, 6.45) is 0. The van der Waals surface area contributed by atoms with Gasteiger partial charge in [-0.3, -0.25) is 14.4 Å². The zero-order valence-electron chi connectivity index (χ0n) is 11.1. The molecule has 1 rings (SSSR count). The highest BCUT2D eigenvalue weighted by atomic mass is 16.2. The molecule has 3 N–H and O–H groups in total. The van der Waals surface area contributed by atoms with Crippen molar-refractivity contribution in [3.8, 4) is 0 Å². The highest BCUT2D eigenvalue weighted by Gasteiger charge is 2.14. The first-order chi connectivity index (χ1) is 8.88. The van der Waals surface area contributed by atoms with Gasteiger partial charge in [-0.15, -0.1) is 0 Å². The van der Waals surface area contributed by atoms with Gasteiger partial charge in [-0.25, -0.2) is 0 Å². The summed E-state index contributed by atoms with van der Waals surface area (Å²) in [5.41, 5.74) is 1.11. The molecule has 1 aromatic carbocycles. The van der Waals surface area contributed by atoms with Gasteiger partial charge >= 0.3 is 11.8 Å². The van der Waals surface area contributed by atoms with Gasteiger partial charge in [0.2, 0.25) is 5.91 Å². The lowest BCUT2D eigenvalue weighted by molar-refractivity contribution is -0.136. The molecule has 0 heterocycles. The number of carbonyl (C=O) groups is 3. The Morgan fingerprint density at radius 1 is 0.895 bits per heavy atom. The number of benzene rings is 1. The predicted octanol–water partition coefficient (Wildman–Crippen LogP) is 1.11. The van der Waals surface area contributed by atoms with Crippen LogP contribution in [-0.2, 0) is 14.4 Å². The normalized spacial score (nSPS) is 9.89. The maximum atomic E-state index is 11.5. The molecule has 0 aliphatic heterocycles. The number of amides is 3. The third kappa shape index (κ3) is 5.20. The minimum atomic E-state index is -0.721. The zero-order valence-corrected chi connectivity index (χ0v) is 11.1. The van der Waals surface area contributed by atoms with Crippen LogP contribution >= 0.6 is 0 Å². The van der Waals surface area contributed by atoms with Crippen LogP contribution in [0.1, 0.15) is 20.8 Å². The van der Waals surface area contributed by atoms with E-state index in [4.69, 9.17) is 0 Å². The fraction of sp³-hybridized carbons (Fsp3) is 0.308. The lowest BCUT2D eigenvalue weighted by atomic mass is 10.2. The van der Waals surface area contributed by atoms with Crippen LogP contribution in [0, 0.1) is 0 Å². The molecule has 0 aliphatic rings. The second kappa shape index (κ2) is 6.53. The molecule has 0 bridgehead atoms. The van der Waals surface area contributed by atoms with Gasteiger partial charge in [0.25, 0.3) is 0 Å². The lowest BCUT2D eigenvalue weighted by Gasteiger charge is -2.09. The number of carbonyl (C=O) groups excluding carboxylic acids is 3. The van der Waals surface area contributed by atoms with Crippen molar-refractivity contribution in [3.05, 3.63) is 24.3 Å². The van der Waals surface area contributed by atoms with Crippen molar-refractivity contribution >= 4 is 29.1 Å². The number of nitrogens with one attached hydrogen (secondary N) is 3. The SMILES string of the molecule is CC(=O)Nc1ccc(NC(=O)C(=O)NC(C)C)cc1. The molecule has 102 valence electrons. The number of rotatable bonds is 3. The van der Waals surface area contributed by atoms with Gasteiger partial charge in [0.1, 0.15) is 0 Å². The average molecular weight is 263 g/mol. The molecule has 6 nitrogen and oxygen atoms in total. The van der Waals surface area contributed by atoms with Crippen LogP contribution in [0.15, 0.2) is 24.3 Å². The Morgan fingerprint density at radius 2 is 1.37 bits per heavy atom. The number of hydrogen-bond acceptors (Lipinski definition) is 3. The van der Waals surface area contributed by atoms with Crippen LogP contribution in [0.5, 0.6) is 0 Å². The molecule has 0 saturated heterocycles. The largest absolute Gasteiger partial charge is 0.346 e. The van der Waals surface area contributed by atoms with E-state index < -0.39 is 11.8 Å². The number of hydrogen-bond donors (Lipinski definition) is 3. The van der Waals surface area contributed by atoms with E-state index in [0.717, 1.165) is 0 Å². The molecule has 19 heavy (non-hydrogen) atoms. The Hall–Kier alpha value is -2.37. The minimum absolute atomic E-state index is 0.0969. The second-order valence-electron chi connectivity index (χ2n) is 4.34. The summed E-state index contributed by atoms with van der Waals surface area (Å²) >= 11 is 0. The maximum Gasteiger partial charge on any atom is 0.313 e. The van der Waals surface area contributed by atoms with Crippen LogP contribution in [0.4, 0.5) is 11.4 Å². The highest BCUT2D eigenvalue weighted by Crippen LogP contribution is 2.13. The first kappa shape index (κ1) is 14.7. The monoisotopic (exact) mass is 263 g/mol. The third-order valence-electron chi connectivity index (χ3n) is 2.09. The molecule has 6 heteroatoms. The quantitative estimate of drug-likeness (QED) is 0.714. The fourth-order valence-electron chi connectivity index (χ4n) is 1.36. The van der Waals surface area contributed by atoms with Crippen molar-refractivity contribution in [2.24, 2.45) is 0 Å². The molecular weight excluding hydrogens is 246 g/mol. The molecule has 3 amide bonds. The maximum absolute atomic E-state index is 11.5. The first-order valence-corrected chi connectivity index (χ1v) is 5.88. The Kier molecular flexibility index (Phi) is 5.05. The Balaban J connectivity index is 2.60. The third-order valence-corrected chi connectivity index (χ3v) is 2.09. The van der Waals surface area contributed by atoms with E-state index in [9.17, 15) is 14.4 Å². The molecule has 0 atom stereocenters. The summed E-state index contributed by atoms with van der Waals surface area (Å²) in [4.78, 5) is 33.7. The van der Waals surface area contributed by atoms with Crippen molar-refractivity contribution in [1.29, 1.82) is 0 Å². The van der Waals surface area contributed by atoms with E-state index in [1.807, 2.05) is 0 Å². The van der Waals surface area contributed by atoms with Crippen molar-refractivity contribution in [3.63, 3.8) is 0 Å². The summed E-state index contributed by atoms with van der Waals surface area (Å²) in [7, 11) is 0. The van der Waals surface area contributed by atoms with Gasteiger partial charge in [-0.05, 0) is 38.1 Å². The summed E-state index contributed by atoms with van der Waals surface area (Å²) in [6, 6.07) is 6.38. The van der Waals surface area contributed by atoms with E-state index >= 15 is 0 Å². The van der Waals surface area contributed by atoms with Crippen LogP contribution in [0.25, 0.3) is 0 Å². The van der Waals surface area contributed by atoms with E-state index in [1.165, 1.54) is 6.92 Å². The molecule has 0 radical (unpaired) electrons. The lowest BCUT2D eigenvalue weighted by Crippen LogP contribution is -2.39. The Bertz CT molecular complexity index is 480. The average Bonchev–Trinajstić information content (AvgIpc) is 2.30. The molecule has 1 aromatic rings. The van der Waals surface area contributed by atoms with E-state index in [1.54, 1.807) is 38.1 Å². The summed E-state index contributed by atoms with van der Waals surface area (Å²) in [6.45, 7) is 4.95. The summed E-state index contributed by atoms with van der Waals surface area (Å²) < 4.78 is 0. The Morgan fingerprint density at radius 3 is 1.79 bits per heavy atom. The topological polar surface area (TPSA) is 87.3 Å². The van der Waals surface area contributed by atoms with Gasteiger partial charge in [-0.2, -0.15) is 0 Å². The van der Waals surface area contributed by atoms with Crippen molar-refractivity contribution < 1.29 is 14.4 Å². The van der Waals surface area contributed by atoms with Gasteiger partial charge in [-0.1, -0.05) is 0 Å². The predicted molar refractivity (Wildman–Crippen MR) is 72.7 cm³/mol. The molecule has 0 aliphatic carbocycles. The molecular formula is C13H17N3O3. The number of anilines is 2. The van der Waals surface area contributed by atoms with Crippen LogP contribution in [-0.4, -0.2) is 23.8 Å². The highest BCUT2D eigenvalue weighted by molar-refractivity contribution is 6.39. The molecule has 0 spiro atoms. The van der Waals surface area contributed by atoms with Crippen LogP contribution in [0.3, 0.4) is 0 Å². The first-order valence-electron chi connectivity index (χ1n) is 5.88. The van der Waals surface area contributed by atoms with Gasteiger partial charge in [0, 0.05) is 24.3 Å². The fourth-order valence-corrected chi connectivity index (χ4v) is 1.36. The summed E-state index contributed by atoms with van der Waals surface area (Å²) in [5, 5.41) is 7.56. The summed E-state index contributed by atoms with van der Waals surface area (Å²) in [5.74, 6) is -1.57. The van der Waals surface area contributed by atoms with Crippen molar-refractivity contribution in [2.75, 3.05) is 10.6 Å². The smallest absolute Gasteiger partial charge is 0.313 e. The molecule has 0 saturated carbocycles. The van der Waals surface area contributed by atoms with Crippen LogP contribution in [0.2, 0.25) is 0 Å². The van der Waals surface area contributed by atoms with Crippen LogP contribution < -0.4 is 16.0 Å². The van der Waals surface area contributed by atoms with Gasteiger partial charge < -0.3 is 16.0 Å². The molecule has 0 aromatic heterocycles. The standard InChI is InChI=1S/C13H17N3O3/c1-8(2)14-12(18)13(19)16-11-6-4-10(5-7-11)15-9(3)17/h4-8H,1-3H3,(H,14,18)(H,15,17)(H,16,19).